The second kappa shape index (κ2) is 10.1. The number of anilines is 1. The van der Waals surface area contributed by atoms with Gasteiger partial charge >= 0.3 is 18.0 Å². The van der Waals surface area contributed by atoms with E-state index in [-0.39, 0.29) is 24.5 Å². The van der Waals surface area contributed by atoms with Crippen LogP contribution in [0.1, 0.15) is 34.6 Å². The highest BCUT2D eigenvalue weighted by molar-refractivity contribution is 7.10. The molecule has 10 nitrogen and oxygen atoms in total. The number of nitrogens with zero attached hydrogens (tertiary/aromatic N) is 1. The maximum absolute atomic E-state index is 12.8. The number of hydrogen-bond acceptors (Lipinski definition) is 9. The molecule has 0 radical (unpaired) electrons. The number of methoxy groups -OCH3 is 1. The molecular weight excluding hydrogens is 436 g/mol. The second-order valence-corrected chi connectivity index (χ2v) is 7.49. The summed E-state index contributed by atoms with van der Waals surface area (Å²) in [5, 5.41) is 8.76. The normalized spacial score (nSPS) is 15.5. The van der Waals surface area contributed by atoms with Crippen molar-refractivity contribution in [2.24, 2.45) is 0 Å². The van der Waals surface area contributed by atoms with Crippen molar-refractivity contribution in [3.8, 4) is 5.75 Å². The predicted molar refractivity (Wildman–Crippen MR) is 118 cm³/mol. The van der Waals surface area contributed by atoms with Gasteiger partial charge in [0.2, 0.25) is 0 Å². The van der Waals surface area contributed by atoms with Gasteiger partial charge in [-0.05, 0) is 43.1 Å². The van der Waals surface area contributed by atoms with Gasteiger partial charge in [-0.3, -0.25) is 0 Å². The molecule has 1 aromatic carbocycles. The minimum atomic E-state index is -0.792. The van der Waals surface area contributed by atoms with Gasteiger partial charge in [-0.1, -0.05) is 12.1 Å². The molecule has 2 aromatic rings. The Labute approximate surface area is 189 Å². The van der Waals surface area contributed by atoms with Crippen LogP contribution in [0.2, 0.25) is 0 Å². The van der Waals surface area contributed by atoms with Crippen LogP contribution in [-0.4, -0.2) is 49.7 Å². The molecule has 2 heterocycles. The summed E-state index contributed by atoms with van der Waals surface area (Å²) in [5.74, 6) is -0.619. The highest BCUT2D eigenvalue weighted by Crippen LogP contribution is 2.30. The molecule has 0 unspecified atom stereocenters. The summed E-state index contributed by atoms with van der Waals surface area (Å²) in [6.07, 6.45) is 0. The molecule has 3 rings (SSSR count). The number of amides is 2. The minimum absolute atomic E-state index is 0.143. The maximum atomic E-state index is 12.8. The Morgan fingerprint density at radius 3 is 2.53 bits per heavy atom. The van der Waals surface area contributed by atoms with E-state index in [1.165, 1.54) is 0 Å². The van der Waals surface area contributed by atoms with E-state index in [1.54, 1.807) is 52.3 Å². The maximum Gasteiger partial charge on any atom is 0.343 e. The van der Waals surface area contributed by atoms with Crippen LogP contribution in [0.15, 0.2) is 35.5 Å². The van der Waals surface area contributed by atoms with Crippen LogP contribution in [-0.2, 0) is 14.3 Å². The standard InChI is InChI=1S/C21H24N4O6S/c1-5-30-20(27)16-14(10-31-19(26)15-11(2)25-32-18(15)22-3)23-21(28)24-17(16)12-6-8-13(29-4)9-7-12/h6-9,17,22H,5,10H2,1-4H3,(H2,23,24,28)/t17-/m0/s1. The summed E-state index contributed by atoms with van der Waals surface area (Å²) in [7, 11) is 3.22. The van der Waals surface area contributed by atoms with Crippen molar-refractivity contribution >= 4 is 34.5 Å². The van der Waals surface area contributed by atoms with Gasteiger partial charge in [0.05, 0.1) is 36.7 Å². The number of esters is 2. The zero-order chi connectivity index (χ0) is 23.3. The van der Waals surface area contributed by atoms with Crippen LogP contribution in [0.25, 0.3) is 0 Å². The average molecular weight is 461 g/mol. The first kappa shape index (κ1) is 23.1. The molecule has 3 N–H and O–H groups in total. The Balaban J connectivity index is 1.94. The number of hydrogen-bond donors (Lipinski definition) is 3. The predicted octanol–water partition coefficient (Wildman–Crippen LogP) is 2.53. The number of carbonyl (C=O) groups is 3. The topological polar surface area (TPSA) is 128 Å². The fraction of sp³-hybridized carbons (Fsp3) is 0.333. The van der Waals surface area contributed by atoms with E-state index in [0.717, 1.165) is 11.5 Å². The lowest BCUT2D eigenvalue weighted by molar-refractivity contribution is -0.139. The first-order valence-electron chi connectivity index (χ1n) is 9.82. The van der Waals surface area contributed by atoms with Crippen LogP contribution in [0, 0.1) is 6.92 Å². The Kier molecular flexibility index (Phi) is 7.31. The summed E-state index contributed by atoms with van der Waals surface area (Å²) in [4.78, 5) is 37.8. The smallest absolute Gasteiger partial charge is 0.343 e. The van der Waals surface area contributed by atoms with Gasteiger partial charge in [0, 0.05) is 7.05 Å². The van der Waals surface area contributed by atoms with Gasteiger partial charge in [-0.15, -0.1) is 0 Å². The van der Waals surface area contributed by atoms with E-state index in [2.05, 4.69) is 20.3 Å². The number of rotatable bonds is 8. The molecule has 32 heavy (non-hydrogen) atoms. The zero-order valence-electron chi connectivity index (χ0n) is 18.1. The third-order valence-corrected chi connectivity index (χ3v) is 5.70. The van der Waals surface area contributed by atoms with E-state index >= 15 is 0 Å². The number of aryl methyl sites for hydroxylation is 1. The van der Waals surface area contributed by atoms with Crippen LogP contribution >= 0.6 is 11.5 Å². The van der Waals surface area contributed by atoms with Crippen molar-refractivity contribution in [2.75, 3.05) is 32.7 Å². The van der Waals surface area contributed by atoms with Crippen molar-refractivity contribution in [3.05, 3.63) is 52.4 Å². The van der Waals surface area contributed by atoms with Gasteiger partial charge < -0.3 is 30.2 Å². The van der Waals surface area contributed by atoms with E-state index in [4.69, 9.17) is 14.2 Å². The van der Waals surface area contributed by atoms with Crippen molar-refractivity contribution in [3.63, 3.8) is 0 Å². The first-order valence-corrected chi connectivity index (χ1v) is 10.6. The molecular formula is C21H24N4O6S. The summed E-state index contributed by atoms with van der Waals surface area (Å²) in [6.45, 7) is 3.19. The molecule has 170 valence electrons. The number of benzene rings is 1. The number of aromatic nitrogens is 1. The van der Waals surface area contributed by atoms with Gasteiger partial charge in [0.25, 0.3) is 0 Å². The Morgan fingerprint density at radius 2 is 1.91 bits per heavy atom. The molecule has 2 amide bonds. The van der Waals surface area contributed by atoms with Gasteiger partial charge in [-0.2, -0.15) is 4.37 Å². The summed E-state index contributed by atoms with van der Waals surface area (Å²) in [5.41, 5.74) is 1.77. The quantitative estimate of drug-likeness (QED) is 0.513. The third-order valence-electron chi connectivity index (χ3n) is 4.74. The Hall–Kier alpha value is -3.60. The fourth-order valence-electron chi connectivity index (χ4n) is 3.22. The molecule has 0 aliphatic carbocycles. The molecule has 0 fully saturated rings. The monoisotopic (exact) mass is 460 g/mol. The van der Waals surface area contributed by atoms with Crippen molar-refractivity contribution < 1.29 is 28.6 Å². The molecule has 1 aliphatic heterocycles. The zero-order valence-corrected chi connectivity index (χ0v) is 18.9. The lowest BCUT2D eigenvalue weighted by Crippen LogP contribution is -2.47. The molecule has 0 saturated carbocycles. The number of carbonyl (C=O) groups excluding carboxylic acids is 3. The molecule has 1 aliphatic rings. The van der Waals surface area contributed by atoms with E-state index in [0.29, 0.717) is 27.6 Å². The molecule has 0 saturated heterocycles. The first-order chi connectivity index (χ1) is 15.4. The SMILES string of the molecule is CCOC(=O)C1=C(COC(=O)c2c(C)nsc2NC)NC(=O)N[C@H]1c1ccc(OC)cc1. The number of urea groups is 1. The van der Waals surface area contributed by atoms with Crippen molar-refractivity contribution in [1.82, 2.24) is 15.0 Å². The third kappa shape index (κ3) is 4.83. The molecule has 0 spiro atoms. The summed E-state index contributed by atoms with van der Waals surface area (Å²) >= 11 is 1.14. The highest BCUT2D eigenvalue weighted by Gasteiger charge is 2.34. The van der Waals surface area contributed by atoms with Crippen molar-refractivity contribution in [1.29, 1.82) is 0 Å². The van der Waals surface area contributed by atoms with E-state index in [9.17, 15) is 14.4 Å². The Morgan fingerprint density at radius 1 is 1.19 bits per heavy atom. The van der Waals surface area contributed by atoms with E-state index in [1.807, 2.05) is 0 Å². The van der Waals surface area contributed by atoms with Crippen molar-refractivity contribution in [2.45, 2.75) is 19.9 Å². The van der Waals surface area contributed by atoms with Crippen LogP contribution in [0.4, 0.5) is 9.80 Å². The largest absolute Gasteiger partial charge is 0.497 e. The van der Waals surface area contributed by atoms with Crippen LogP contribution < -0.4 is 20.7 Å². The molecule has 0 bridgehead atoms. The van der Waals surface area contributed by atoms with Gasteiger partial charge in [-0.25, -0.2) is 14.4 Å². The summed E-state index contributed by atoms with van der Waals surface area (Å²) in [6, 6.07) is 5.58. The van der Waals surface area contributed by atoms with Gasteiger partial charge in [0.15, 0.2) is 0 Å². The molecule has 1 aromatic heterocycles. The minimum Gasteiger partial charge on any atom is -0.497 e. The number of nitrogens with one attached hydrogen (secondary N) is 3. The Bertz CT molecular complexity index is 1050. The highest BCUT2D eigenvalue weighted by atomic mass is 32.1. The summed E-state index contributed by atoms with van der Waals surface area (Å²) < 4.78 is 20.0. The molecule has 1 atom stereocenters. The van der Waals surface area contributed by atoms with E-state index < -0.39 is 24.0 Å². The average Bonchev–Trinajstić information content (AvgIpc) is 3.17. The lowest BCUT2D eigenvalue weighted by Gasteiger charge is -2.29. The fourth-order valence-corrected chi connectivity index (χ4v) is 3.95. The van der Waals surface area contributed by atoms with Gasteiger partial charge in [0.1, 0.15) is 22.9 Å². The molecule has 11 heteroatoms. The lowest BCUT2D eigenvalue weighted by atomic mass is 9.95. The number of ether oxygens (including phenoxy) is 3. The second-order valence-electron chi connectivity index (χ2n) is 6.72. The van der Waals surface area contributed by atoms with Crippen LogP contribution in [0.3, 0.4) is 0 Å². The van der Waals surface area contributed by atoms with Crippen LogP contribution in [0.5, 0.6) is 5.75 Å².